The lowest BCUT2D eigenvalue weighted by Gasteiger charge is -2.46. The maximum Gasteiger partial charge on any atom is 0.301 e. The van der Waals surface area contributed by atoms with E-state index in [2.05, 4.69) is 37.0 Å². The van der Waals surface area contributed by atoms with E-state index in [1.807, 2.05) is 18.2 Å². The van der Waals surface area contributed by atoms with Crippen LogP contribution in [0.4, 0.5) is 26.1 Å². The Labute approximate surface area is 277 Å². The number of aliphatic hydroxyl groups is 1. The van der Waals surface area contributed by atoms with E-state index in [1.165, 1.54) is 25.4 Å². The van der Waals surface area contributed by atoms with E-state index in [0.717, 1.165) is 43.4 Å². The summed E-state index contributed by atoms with van der Waals surface area (Å²) in [7, 11) is 1.59. The highest BCUT2D eigenvalue weighted by molar-refractivity contribution is 5.80. The van der Waals surface area contributed by atoms with Gasteiger partial charge in [0.15, 0.2) is 6.10 Å². The van der Waals surface area contributed by atoms with Crippen molar-refractivity contribution >= 4 is 23.2 Å². The molecule has 3 aromatic rings. The fraction of sp³-hybridized carbons (Fsp3) is 0.485. The second-order valence-corrected chi connectivity index (χ2v) is 12.3. The molecule has 3 atom stereocenters. The SMILES string of the molecule is COc1nc(Nc2cc(-c3ccc(O[C@@H]4CCN(C(=O)C(C)O)CC4(F)F)c(C#N)c3)ncn2)ccc1N1CCN(C2COC2)C[C@@H]1C. The molecule has 0 radical (unpaired) electrons. The maximum atomic E-state index is 14.9. The summed E-state index contributed by atoms with van der Waals surface area (Å²) in [6.07, 6.45) is -1.71. The number of nitrogens with one attached hydrogen (secondary N) is 1. The number of aromatic nitrogens is 3. The molecule has 0 bridgehead atoms. The average molecular weight is 665 g/mol. The lowest BCUT2D eigenvalue weighted by atomic mass is 10.0. The Bertz CT molecular complexity index is 1680. The van der Waals surface area contributed by atoms with E-state index in [-0.39, 0.29) is 30.3 Å². The highest BCUT2D eigenvalue weighted by atomic mass is 19.3. The van der Waals surface area contributed by atoms with Crippen LogP contribution in [0, 0.1) is 11.3 Å². The van der Waals surface area contributed by atoms with Crippen LogP contribution in [0.3, 0.4) is 0 Å². The standard InChI is InChI=1S/C33H38F2N8O5/c1-20-15-41(24-16-47-17-24)10-11-43(20)26-5-7-29(40-31(26)46-3)39-30-13-25(37-19-38-30)22-4-6-27(23(12-22)14-36)48-28-8-9-42(18-33(28,34)35)32(45)21(2)44/h4-7,12-13,19-21,24,28,44H,8-11,15-18H2,1-3H3,(H,37,38,39,40)/t20-,21?,28+/m0/s1. The molecule has 0 spiro atoms. The summed E-state index contributed by atoms with van der Waals surface area (Å²) >= 11 is 0. The van der Waals surface area contributed by atoms with Crippen molar-refractivity contribution < 1.29 is 32.9 Å². The number of hydrogen-bond acceptors (Lipinski definition) is 12. The molecule has 1 unspecified atom stereocenters. The zero-order valence-corrected chi connectivity index (χ0v) is 27.0. The fourth-order valence-corrected chi connectivity index (χ4v) is 6.25. The Morgan fingerprint density at radius 2 is 1.98 bits per heavy atom. The predicted octanol–water partition coefficient (Wildman–Crippen LogP) is 3.07. The van der Waals surface area contributed by atoms with Crippen LogP contribution in [-0.2, 0) is 9.53 Å². The van der Waals surface area contributed by atoms with Gasteiger partial charge < -0.3 is 34.4 Å². The first-order valence-corrected chi connectivity index (χ1v) is 15.8. The topological polar surface area (TPSA) is 149 Å². The van der Waals surface area contributed by atoms with E-state index in [4.69, 9.17) is 14.2 Å². The molecule has 6 rings (SSSR count). The van der Waals surface area contributed by atoms with Crippen LogP contribution < -0.4 is 19.7 Å². The van der Waals surface area contributed by atoms with Gasteiger partial charge in [0.1, 0.15) is 41.6 Å². The lowest BCUT2D eigenvalue weighted by molar-refractivity contribution is -0.165. The van der Waals surface area contributed by atoms with Gasteiger partial charge in [-0.15, -0.1) is 0 Å². The van der Waals surface area contributed by atoms with Gasteiger partial charge >= 0.3 is 5.92 Å². The van der Waals surface area contributed by atoms with Gasteiger partial charge in [-0.25, -0.2) is 18.7 Å². The van der Waals surface area contributed by atoms with Crippen molar-refractivity contribution in [1.82, 2.24) is 24.8 Å². The summed E-state index contributed by atoms with van der Waals surface area (Å²) < 4.78 is 46.6. The number of piperazine rings is 1. The minimum Gasteiger partial charge on any atom is -0.483 e. The number of likely N-dealkylation sites (tertiary alicyclic amines) is 1. The minimum atomic E-state index is -3.38. The number of piperidine rings is 1. The summed E-state index contributed by atoms with van der Waals surface area (Å²) in [5.41, 5.74) is 2.00. The summed E-state index contributed by atoms with van der Waals surface area (Å²) in [4.78, 5) is 31.1. The largest absolute Gasteiger partial charge is 0.483 e. The van der Waals surface area contributed by atoms with E-state index >= 15 is 0 Å². The lowest BCUT2D eigenvalue weighted by Crippen LogP contribution is -2.59. The number of methoxy groups -OCH3 is 1. The third-order valence-corrected chi connectivity index (χ3v) is 8.93. The van der Waals surface area contributed by atoms with Crippen LogP contribution in [0.1, 0.15) is 25.8 Å². The Hall–Kier alpha value is -4.65. The summed E-state index contributed by atoms with van der Waals surface area (Å²) in [5.74, 6) is -2.69. The highest BCUT2D eigenvalue weighted by Gasteiger charge is 2.48. The average Bonchev–Trinajstić information content (AvgIpc) is 3.04. The van der Waals surface area contributed by atoms with Crippen molar-refractivity contribution in [3.8, 4) is 29.0 Å². The zero-order chi connectivity index (χ0) is 34.0. The molecule has 3 aliphatic rings. The van der Waals surface area contributed by atoms with E-state index in [0.29, 0.717) is 34.8 Å². The molecule has 2 aromatic heterocycles. The first kappa shape index (κ1) is 33.3. The molecule has 48 heavy (non-hydrogen) atoms. The number of carbonyl (C=O) groups excluding carboxylic acids is 1. The van der Waals surface area contributed by atoms with Crippen LogP contribution in [-0.4, -0.2) is 119 Å². The third-order valence-electron chi connectivity index (χ3n) is 8.93. The molecule has 2 N–H and O–H groups in total. The van der Waals surface area contributed by atoms with E-state index < -0.39 is 30.6 Å². The number of rotatable bonds is 9. The monoisotopic (exact) mass is 664 g/mol. The number of hydrogen-bond donors (Lipinski definition) is 2. The first-order chi connectivity index (χ1) is 23.1. The van der Waals surface area contributed by atoms with Gasteiger partial charge in [-0.2, -0.15) is 10.2 Å². The van der Waals surface area contributed by atoms with Crippen molar-refractivity contribution in [2.75, 3.05) is 63.3 Å². The quantitative estimate of drug-likeness (QED) is 0.346. The van der Waals surface area contributed by atoms with Crippen molar-refractivity contribution in [2.24, 2.45) is 0 Å². The molecule has 3 fully saturated rings. The van der Waals surface area contributed by atoms with Gasteiger partial charge in [0.2, 0.25) is 5.88 Å². The molecule has 3 saturated heterocycles. The zero-order valence-electron chi connectivity index (χ0n) is 27.0. The number of anilines is 3. The predicted molar refractivity (Wildman–Crippen MR) is 171 cm³/mol. The van der Waals surface area contributed by atoms with E-state index in [9.17, 15) is 23.9 Å². The number of amides is 1. The number of halogens is 2. The van der Waals surface area contributed by atoms with Gasteiger partial charge in [-0.1, -0.05) is 0 Å². The number of aliphatic hydroxyl groups excluding tert-OH is 1. The number of ether oxygens (including phenoxy) is 3. The van der Waals surface area contributed by atoms with Crippen molar-refractivity contribution in [2.45, 2.75) is 50.5 Å². The first-order valence-electron chi connectivity index (χ1n) is 15.8. The Morgan fingerprint density at radius 1 is 1.17 bits per heavy atom. The normalized spacial score (nSPS) is 21.9. The summed E-state index contributed by atoms with van der Waals surface area (Å²) in [6.45, 7) is 6.84. The Balaban J connectivity index is 1.13. The number of nitrogens with zero attached hydrogens (tertiary/aromatic N) is 7. The number of benzene rings is 1. The van der Waals surface area contributed by atoms with Gasteiger partial charge in [-0.3, -0.25) is 9.69 Å². The number of nitriles is 1. The Kier molecular flexibility index (Phi) is 9.58. The molecule has 0 saturated carbocycles. The highest BCUT2D eigenvalue weighted by Crippen LogP contribution is 2.35. The smallest absolute Gasteiger partial charge is 0.301 e. The molecule has 1 aromatic carbocycles. The van der Waals surface area contributed by atoms with E-state index in [1.54, 1.807) is 19.2 Å². The number of carbonyl (C=O) groups is 1. The van der Waals surface area contributed by atoms with Crippen LogP contribution >= 0.6 is 0 Å². The molecule has 3 aliphatic heterocycles. The van der Waals surface area contributed by atoms with Crippen LogP contribution in [0.15, 0.2) is 42.7 Å². The van der Waals surface area contributed by atoms with Gasteiger partial charge in [-0.05, 0) is 44.2 Å². The molecule has 5 heterocycles. The minimum absolute atomic E-state index is 0.00203. The molecule has 0 aliphatic carbocycles. The maximum absolute atomic E-state index is 14.9. The number of alkyl halides is 2. The number of pyridine rings is 1. The van der Waals surface area contributed by atoms with Crippen LogP contribution in [0.5, 0.6) is 11.6 Å². The van der Waals surface area contributed by atoms with Crippen molar-refractivity contribution in [1.29, 1.82) is 5.26 Å². The van der Waals surface area contributed by atoms with Gasteiger partial charge in [0, 0.05) is 50.3 Å². The summed E-state index contributed by atoms with van der Waals surface area (Å²) in [6, 6.07) is 12.9. The molecular formula is C33H38F2N8O5. The third kappa shape index (κ3) is 6.96. The fourth-order valence-electron chi connectivity index (χ4n) is 6.25. The van der Waals surface area contributed by atoms with Crippen molar-refractivity contribution in [3.63, 3.8) is 0 Å². The molecule has 15 heteroatoms. The van der Waals surface area contributed by atoms with Crippen LogP contribution in [0.2, 0.25) is 0 Å². The van der Waals surface area contributed by atoms with Gasteiger partial charge in [0.25, 0.3) is 5.91 Å². The van der Waals surface area contributed by atoms with Gasteiger partial charge in [0.05, 0.1) is 44.2 Å². The molecular weight excluding hydrogens is 626 g/mol. The van der Waals surface area contributed by atoms with Crippen LogP contribution in [0.25, 0.3) is 11.3 Å². The molecule has 1 amide bonds. The van der Waals surface area contributed by atoms with Crippen molar-refractivity contribution in [3.05, 3.63) is 48.3 Å². The molecule has 254 valence electrons. The Morgan fingerprint density at radius 3 is 2.65 bits per heavy atom. The summed E-state index contributed by atoms with van der Waals surface area (Å²) in [5, 5.41) is 22.5. The molecule has 13 nitrogen and oxygen atoms in total. The second kappa shape index (κ2) is 13.8. The second-order valence-electron chi connectivity index (χ2n) is 12.3.